The van der Waals surface area contributed by atoms with Gasteiger partial charge in [-0.25, -0.2) is 15.0 Å². The third kappa shape index (κ3) is 7.39. The number of para-hydroxylation sites is 1. The number of hydrogen-bond acceptors (Lipinski definition) is 5. The van der Waals surface area contributed by atoms with Gasteiger partial charge in [0.25, 0.3) is 0 Å². The number of nitrogens with zero attached hydrogens (tertiary/aromatic N) is 7. The minimum absolute atomic E-state index is 0.490. The Morgan fingerprint density at radius 2 is 0.942 bits per heavy atom. The summed E-state index contributed by atoms with van der Waals surface area (Å²) in [6.45, 7) is 6.48. The van der Waals surface area contributed by atoms with Crippen LogP contribution in [0, 0.1) is 0 Å². The molecule has 0 aliphatic carbocycles. The van der Waals surface area contributed by atoms with Crippen molar-refractivity contribution in [3.8, 4) is 79.4 Å². The quantitative estimate of drug-likeness (QED) is 0.137. The Morgan fingerprint density at radius 1 is 0.406 bits per heavy atom. The van der Waals surface area contributed by atoms with Crippen molar-refractivity contribution >= 4 is 44.9 Å². The molecule has 69 heavy (non-hydrogen) atoms. The molecule has 0 fully saturated rings. The summed E-state index contributed by atoms with van der Waals surface area (Å²) in [6.07, 6.45) is 6.15. The molecule has 0 aliphatic rings. The molecule has 12 rings (SSSR count). The minimum Gasteiger partial charge on any atom is -0.309 e. The molecular formula is C62H43N7. The first-order chi connectivity index (χ1) is 34.1. The smallest absolute Gasteiger partial charge is 0.238 e. The average molecular weight is 886 g/mol. The third-order valence-corrected chi connectivity index (χ3v) is 12.7. The maximum absolute atomic E-state index is 5.38. The summed E-state index contributed by atoms with van der Waals surface area (Å²) in [7, 11) is 0. The number of rotatable bonds is 10. The van der Waals surface area contributed by atoms with Crippen molar-refractivity contribution in [2.24, 2.45) is 0 Å². The molecule has 0 radical (unpaired) electrons. The summed E-state index contributed by atoms with van der Waals surface area (Å²) >= 11 is 0. The number of aromatic nitrogens is 7. The summed E-state index contributed by atoms with van der Waals surface area (Å²) in [6, 6.07) is 73.2. The molecule has 0 unspecified atom stereocenters. The molecule has 0 N–H and O–H groups in total. The van der Waals surface area contributed by atoms with E-state index < -0.39 is 0 Å². The van der Waals surface area contributed by atoms with Crippen LogP contribution in [-0.4, -0.2) is 34.1 Å². The Labute approximate surface area is 399 Å². The van der Waals surface area contributed by atoms with Gasteiger partial charge in [-0.1, -0.05) is 195 Å². The van der Waals surface area contributed by atoms with Crippen LogP contribution in [0.1, 0.15) is 18.2 Å². The predicted octanol–water partition coefficient (Wildman–Crippen LogP) is 15.4. The highest BCUT2D eigenvalue weighted by molar-refractivity contribution is 6.21. The normalized spacial score (nSPS) is 11.6. The minimum atomic E-state index is 0.490. The van der Waals surface area contributed by atoms with Crippen molar-refractivity contribution in [2.45, 2.75) is 6.92 Å². The molecule has 7 nitrogen and oxygen atoms in total. The third-order valence-electron chi connectivity index (χ3n) is 12.7. The van der Waals surface area contributed by atoms with Crippen molar-refractivity contribution < 1.29 is 0 Å². The van der Waals surface area contributed by atoms with E-state index in [1.54, 1.807) is 0 Å². The van der Waals surface area contributed by atoms with E-state index >= 15 is 0 Å². The van der Waals surface area contributed by atoms with Gasteiger partial charge in [0.15, 0.2) is 17.5 Å². The lowest BCUT2D eigenvalue weighted by molar-refractivity contribution is 0.926. The van der Waals surface area contributed by atoms with E-state index in [1.807, 2.05) is 97.9 Å². The van der Waals surface area contributed by atoms with E-state index in [1.165, 1.54) is 10.9 Å². The van der Waals surface area contributed by atoms with Gasteiger partial charge in [0.05, 0.1) is 33.6 Å². The Bertz CT molecular complexity index is 3830. The van der Waals surface area contributed by atoms with Crippen LogP contribution in [0.3, 0.4) is 0 Å². The molecule has 4 aromatic heterocycles. The van der Waals surface area contributed by atoms with Gasteiger partial charge in [-0.15, -0.1) is 0 Å². The van der Waals surface area contributed by atoms with Crippen LogP contribution in [0.4, 0.5) is 0 Å². The largest absolute Gasteiger partial charge is 0.309 e. The first-order valence-corrected chi connectivity index (χ1v) is 23.1. The summed E-state index contributed by atoms with van der Waals surface area (Å²) < 4.78 is 4.55. The fraction of sp³-hybridized carbons (Fsp3) is 0.0161. The highest BCUT2D eigenvalue weighted by Crippen LogP contribution is 2.42. The molecular weight excluding hydrogens is 843 g/mol. The Hall–Kier alpha value is -9.33. The lowest BCUT2D eigenvalue weighted by atomic mass is 10.0. The second kappa shape index (κ2) is 17.5. The Balaban J connectivity index is 1.08. The Morgan fingerprint density at radius 3 is 1.59 bits per heavy atom. The first-order valence-electron chi connectivity index (χ1n) is 23.1. The number of benzene rings is 8. The summed E-state index contributed by atoms with van der Waals surface area (Å²) in [5.41, 5.74) is 14.6. The van der Waals surface area contributed by atoms with E-state index in [9.17, 15) is 0 Å². The lowest BCUT2D eigenvalue weighted by Gasteiger charge is -2.13. The van der Waals surface area contributed by atoms with E-state index in [2.05, 4.69) is 155 Å². The summed E-state index contributed by atoms with van der Waals surface area (Å²) in [4.78, 5) is 26.1. The van der Waals surface area contributed by atoms with E-state index in [4.69, 9.17) is 24.9 Å². The molecule has 0 amide bonds. The maximum atomic E-state index is 5.38. The molecule has 0 saturated carbocycles. The number of allylic oxidation sites excluding steroid dienone is 1. The van der Waals surface area contributed by atoms with Gasteiger partial charge >= 0.3 is 0 Å². The molecule has 8 aromatic carbocycles. The van der Waals surface area contributed by atoms with Crippen LogP contribution in [0.5, 0.6) is 0 Å². The Kier molecular flexibility index (Phi) is 10.4. The fourth-order valence-electron chi connectivity index (χ4n) is 9.52. The molecule has 0 saturated heterocycles. The zero-order valence-corrected chi connectivity index (χ0v) is 37.8. The van der Waals surface area contributed by atoms with Crippen LogP contribution >= 0.6 is 0 Å². The van der Waals surface area contributed by atoms with Crippen molar-refractivity contribution in [1.82, 2.24) is 34.1 Å². The summed E-state index contributed by atoms with van der Waals surface area (Å²) in [5, 5.41) is 3.36. The van der Waals surface area contributed by atoms with Gasteiger partial charge in [0, 0.05) is 55.2 Å². The highest BCUT2D eigenvalue weighted by atomic mass is 15.2. The van der Waals surface area contributed by atoms with Crippen LogP contribution in [0.15, 0.2) is 225 Å². The topological polar surface area (TPSA) is 74.3 Å². The van der Waals surface area contributed by atoms with Gasteiger partial charge in [0.1, 0.15) is 0 Å². The molecule has 0 bridgehead atoms. The van der Waals surface area contributed by atoms with Crippen LogP contribution in [0.2, 0.25) is 0 Å². The SMILES string of the molecule is C=Cc1c(/C=C\C)n(-c2nc(-c3ccccc3)nc(-c3cccc(-c4cc(-c5ccccc5)nc(-c5ccccc5)n4)c3)n2)c2ccc3c4ccccc4n(-c4ccc(-c5ccccc5)cc4)c3c12. The van der Waals surface area contributed by atoms with Crippen molar-refractivity contribution in [3.05, 3.63) is 236 Å². The zero-order chi connectivity index (χ0) is 46.3. The van der Waals surface area contributed by atoms with Crippen molar-refractivity contribution in [2.75, 3.05) is 0 Å². The first kappa shape index (κ1) is 41.1. The van der Waals surface area contributed by atoms with Gasteiger partial charge < -0.3 is 4.57 Å². The van der Waals surface area contributed by atoms with E-state index in [-0.39, 0.29) is 0 Å². The van der Waals surface area contributed by atoms with Crippen molar-refractivity contribution in [3.63, 3.8) is 0 Å². The molecule has 12 aromatic rings. The maximum Gasteiger partial charge on any atom is 0.238 e. The van der Waals surface area contributed by atoms with Gasteiger partial charge in [-0.3, -0.25) is 4.57 Å². The molecule has 326 valence electrons. The van der Waals surface area contributed by atoms with Crippen LogP contribution in [-0.2, 0) is 0 Å². The van der Waals surface area contributed by atoms with Gasteiger partial charge in [-0.05, 0) is 60.5 Å². The second-order valence-corrected chi connectivity index (χ2v) is 16.9. The van der Waals surface area contributed by atoms with Crippen LogP contribution in [0.25, 0.3) is 124 Å². The second-order valence-electron chi connectivity index (χ2n) is 16.9. The average Bonchev–Trinajstić information content (AvgIpc) is 3.94. The highest BCUT2D eigenvalue weighted by Gasteiger charge is 2.25. The van der Waals surface area contributed by atoms with Gasteiger partial charge in [-0.2, -0.15) is 9.97 Å². The van der Waals surface area contributed by atoms with Gasteiger partial charge in [0.2, 0.25) is 5.95 Å². The lowest BCUT2D eigenvalue weighted by Crippen LogP contribution is -2.08. The molecule has 0 atom stereocenters. The summed E-state index contributed by atoms with van der Waals surface area (Å²) in [5.74, 6) is 2.23. The standard InChI is InChI=1S/C62H43N7/c1-3-20-54-49(4-2)57-56(38-37-51-50-31-17-18-32-55(50)68(58(51)57)48-35-33-42(34-36-48)41-21-9-5-10-22-41)69(54)62-66-60(45-27-15-8-16-28-45)65-61(67-62)47-30-19-29-46(39-47)53-40-52(43-23-11-6-12-24-43)63-59(64-53)44-25-13-7-14-26-44/h3-40H,2H2,1H3/b20-3-. The molecule has 7 heteroatoms. The molecule has 0 aliphatic heterocycles. The van der Waals surface area contributed by atoms with Crippen molar-refractivity contribution in [1.29, 1.82) is 0 Å². The number of fused-ring (bicyclic) bond motifs is 5. The fourth-order valence-corrected chi connectivity index (χ4v) is 9.52. The van der Waals surface area contributed by atoms with E-state index in [0.29, 0.717) is 23.4 Å². The zero-order valence-electron chi connectivity index (χ0n) is 37.8. The predicted molar refractivity (Wildman–Crippen MR) is 284 cm³/mol. The molecule has 4 heterocycles. The number of hydrogen-bond donors (Lipinski definition) is 0. The monoisotopic (exact) mass is 885 g/mol. The molecule has 0 spiro atoms. The van der Waals surface area contributed by atoms with Crippen LogP contribution < -0.4 is 0 Å². The van der Waals surface area contributed by atoms with E-state index in [0.717, 1.165) is 89.0 Å².